The number of fused-ring (bicyclic) bond motifs is 1. The number of nitrogens with zero attached hydrogens (tertiary/aromatic N) is 2. The van der Waals surface area contributed by atoms with Crippen LogP contribution in [0.15, 0.2) is 51.0 Å². The summed E-state index contributed by atoms with van der Waals surface area (Å²) in [6.07, 6.45) is 0. The van der Waals surface area contributed by atoms with E-state index in [4.69, 9.17) is 9.72 Å². The summed E-state index contributed by atoms with van der Waals surface area (Å²) in [4.78, 5) is 24.9. The fraction of sp³-hybridized carbons (Fsp3) is 0.238. The molecule has 4 aromatic rings. The molecule has 0 unspecified atom stereocenters. The average Bonchev–Trinajstić information content (AvgIpc) is 3.34. The van der Waals surface area contributed by atoms with Crippen LogP contribution in [0.4, 0.5) is 0 Å². The van der Waals surface area contributed by atoms with Crippen molar-refractivity contribution in [1.29, 1.82) is 0 Å². The molecule has 0 bridgehead atoms. The van der Waals surface area contributed by atoms with Gasteiger partial charge in [0.25, 0.3) is 5.56 Å². The summed E-state index contributed by atoms with van der Waals surface area (Å²) in [7, 11) is 1.65. The monoisotopic (exact) mass is 489 g/mol. The number of halogens is 1. The summed E-state index contributed by atoms with van der Waals surface area (Å²) >= 11 is 6.70. The van der Waals surface area contributed by atoms with E-state index in [2.05, 4.69) is 44.9 Å². The van der Waals surface area contributed by atoms with Gasteiger partial charge in [0, 0.05) is 16.3 Å². The fourth-order valence-electron chi connectivity index (χ4n) is 3.11. The average molecular weight is 490 g/mol. The number of hydrogen-bond acceptors (Lipinski definition) is 6. The van der Waals surface area contributed by atoms with Crippen LogP contribution in [0, 0.1) is 0 Å². The summed E-state index contributed by atoms with van der Waals surface area (Å²) in [6.45, 7) is 4.42. The van der Waals surface area contributed by atoms with Crippen molar-refractivity contribution in [3.05, 3.63) is 67.3 Å². The highest BCUT2D eigenvalue weighted by Crippen LogP contribution is 2.32. The third kappa shape index (κ3) is 4.61. The van der Waals surface area contributed by atoms with E-state index in [0.717, 1.165) is 38.6 Å². The first-order chi connectivity index (χ1) is 14.1. The van der Waals surface area contributed by atoms with Gasteiger partial charge in [-0.25, -0.2) is 4.98 Å². The lowest BCUT2D eigenvalue weighted by molar-refractivity contribution is 0.267. The van der Waals surface area contributed by atoms with Crippen LogP contribution >= 0.6 is 38.6 Å². The Morgan fingerprint density at radius 3 is 2.59 bits per heavy atom. The molecule has 0 saturated carbocycles. The number of methoxy groups -OCH3 is 1. The van der Waals surface area contributed by atoms with Crippen LogP contribution in [0.3, 0.4) is 0 Å². The summed E-state index contributed by atoms with van der Waals surface area (Å²) in [5, 5.41) is 0. The number of thiophene rings is 2. The van der Waals surface area contributed by atoms with Gasteiger partial charge in [0.2, 0.25) is 0 Å². The van der Waals surface area contributed by atoms with Crippen molar-refractivity contribution in [3.63, 3.8) is 0 Å². The zero-order chi connectivity index (χ0) is 20.4. The summed E-state index contributed by atoms with van der Waals surface area (Å²) in [6, 6.07) is 14.0. The van der Waals surface area contributed by atoms with Crippen molar-refractivity contribution in [1.82, 2.24) is 14.9 Å². The van der Waals surface area contributed by atoms with Crippen molar-refractivity contribution in [2.24, 2.45) is 0 Å². The van der Waals surface area contributed by atoms with Crippen LogP contribution in [0.25, 0.3) is 20.7 Å². The van der Waals surface area contributed by atoms with Gasteiger partial charge < -0.3 is 9.72 Å². The Morgan fingerprint density at radius 2 is 1.93 bits per heavy atom. The second kappa shape index (κ2) is 8.79. The maximum absolute atomic E-state index is 12.6. The number of aromatic amines is 1. The van der Waals surface area contributed by atoms with E-state index >= 15 is 0 Å². The van der Waals surface area contributed by atoms with Crippen molar-refractivity contribution in [2.45, 2.75) is 20.0 Å². The molecule has 0 aliphatic rings. The molecule has 1 N–H and O–H groups in total. The van der Waals surface area contributed by atoms with Crippen molar-refractivity contribution in [2.75, 3.05) is 13.7 Å². The van der Waals surface area contributed by atoms with Crippen LogP contribution in [0.5, 0.6) is 5.75 Å². The van der Waals surface area contributed by atoms with Crippen LogP contribution in [-0.2, 0) is 13.1 Å². The minimum absolute atomic E-state index is 0.0790. The molecule has 0 aliphatic carbocycles. The molecule has 3 heterocycles. The Bertz CT molecular complexity index is 1180. The maximum Gasteiger partial charge on any atom is 0.268 e. The molecule has 4 rings (SSSR count). The second-order valence-corrected chi connectivity index (χ2v) is 10.2. The lowest BCUT2D eigenvalue weighted by Crippen LogP contribution is -2.24. The van der Waals surface area contributed by atoms with Gasteiger partial charge in [-0.05, 0) is 70.5 Å². The van der Waals surface area contributed by atoms with Gasteiger partial charge in [-0.15, -0.1) is 22.7 Å². The first kappa shape index (κ1) is 20.3. The molecule has 29 heavy (non-hydrogen) atoms. The number of nitrogens with one attached hydrogen (secondary N) is 1. The van der Waals surface area contributed by atoms with E-state index in [9.17, 15) is 4.79 Å². The quantitative estimate of drug-likeness (QED) is 0.371. The maximum atomic E-state index is 12.6. The zero-order valence-electron chi connectivity index (χ0n) is 16.1. The van der Waals surface area contributed by atoms with E-state index in [1.807, 2.05) is 30.3 Å². The van der Waals surface area contributed by atoms with Crippen LogP contribution < -0.4 is 10.3 Å². The van der Waals surface area contributed by atoms with Crippen LogP contribution in [-0.4, -0.2) is 28.5 Å². The Labute approximate surface area is 185 Å². The SMILES string of the molecule is CCN(Cc1nc2cc(-c3ccc(OC)cc3)sc2c(=O)[nH]1)Cc1ccc(Br)s1. The van der Waals surface area contributed by atoms with E-state index in [1.54, 1.807) is 18.4 Å². The van der Waals surface area contributed by atoms with Crippen molar-refractivity contribution < 1.29 is 4.74 Å². The zero-order valence-corrected chi connectivity index (χ0v) is 19.3. The van der Waals surface area contributed by atoms with Gasteiger partial charge in [0.15, 0.2) is 0 Å². The van der Waals surface area contributed by atoms with Crippen LogP contribution in [0.2, 0.25) is 0 Å². The lowest BCUT2D eigenvalue weighted by Gasteiger charge is -2.18. The standard InChI is InChI=1S/C21H20BrN3O2S2/c1-3-25(11-15-8-9-18(22)28-15)12-19-23-16-10-17(29-20(16)21(26)24-19)13-4-6-14(27-2)7-5-13/h4-10H,3,11-12H2,1-2H3,(H,23,24,26). The molecule has 0 fully saturated rings. The fourth-order valence-corrected chi connectivity index (χ4v) is 5.63. The smallest absolute Gasteiger partial charge is 0.268 e. The van der Waals surface area contributed by atoms with E-state index in [0.29, 0.717) is 17.1 Å². The molecule has 0 atom stereocenters. The topological polar surface area (TPSA) is 58.2 Å². The molecule has 8 heteroatoms. The van der Waals surface area contributed by atoms with Crippen molar-refractivity contribution in [3.8, 4) is 16.2 Å². The molecule has 0 radical (unpaired) electrons. The van der Waals surface area contributed by atoms with Gasteiger partial charge in [0.1, 0.15) is 16.3 Å². The minimum Gasteiger partial charge on any atom is -0.497 e. The third-order valence-corrected chi connectivity index (χ3v) is 7.42. The highest BCUT2D eigenvalue weighted by atomic mass is 79.9. The predicted octanol–water partition coefficient (Wildman–Crippen LogP) is 5.51. The number of rotatable bonds is 7. The number of aromatic nitrogens is 2. The normalized spacial score (nSPS) is 11.4. The van der Waals surface area contributed by atoms with Gasteiger partial charge in [0.05, 0.1) is 23.0 Å². The van der Waals surface area contributed by atoms with Crippen molar-refractivity contribution >= 4 is 48.8 Å². The molecule has 3 aromatic heterocycles. The molecule has 0 saturated heterocycles. The van der Waals surface area contributed by atoms with E-state index in [1.165, 1.54) is 16.2 Å². The molecule has 0 spiro atoms. The van der Waals surface area contributed by atoms with Gasteiger partial charge in [-0.2, -0.15) is 0 Å². The number of H-pyrrole nitrogens is 1. The minimum atomic E-state index is -0.0790. The first-order valence-corrected chi connectivity index (χ1v) is 11.6. The van der Waals surface area contributed by atoms with Crippen LogP contribution in [0.1, 0.15) is 17.6 Å². The van der Waals surface area contributed by atoms with Gasteiger partial charge in [-0.1, -0.05) is 6.92 Å². The van der Waals surface area contributed by atoms with Gasteiger partial charge >= 0.3 is 0 Å². The molecular weight excluding hydrogens is 470 g/mol. The Hall–Kier alpha value is -2.00. The highest BCUT2D eigenvalue weighted by Gasteiger charge is 2.13. The van der Waals surface area contributed by atoms with E-state index in [-0.39, 0.29) is 5.56 Å². The van der Waals surface area contributed by atoms with Gasteiger partial charge in [-0.3, -0.25) is 9.69 Å². The Kier molecular flexibility index (Phi) is 6.15. The second-order valence-electron chi connectivity index (χ2n) is 6.58. The number of hydrogen-bond donors (Lipinski definition) is 1. The molecule has 1 aromatic carbocycles. The highest BCUT2D eigenvalue weighted by molar-refractivity contribution is 9.11. The molecule has 0 amide bonds. The molecule has 150 valence electrons. The lowest BCUT2D eigenvalue weighted by atomic mass is 10.2. The summed E-state index contributed by atoms with van der Waals surface area (Å²) in [5.74, 6) is 1.50. The predicted molar refractivity (Wildman–Crippen MR) is 124 cm³/mol. The number of benzene rings is 1. The third-order valence-electron chi connectivity index (χ3n) is 4.64. The largest absolute Gasteiger partial charge is 0.497 e. The number of ether oxygens (including phenoxy) is 1. The Balaban J connectivity index is 1.59. The summed E-state index contributed by atoms with van der Waals surface area (Å²) in [5.41, 5.74) is 1.72. The van der Waals surface area contributed by atoms with E-state index < -0.39 is 0 Å². The summed E-state index contributed by atoms with van der Waals surface area (Å²) < 4.78 is 7.00. The molecular formula is C21H20BrN3O2S2. The molecule has 0 aliphatic heterocycles. The molecule has 5 nitrogen and oxygen atoms in total. The Morgan fingerprint density at radius 1 is 1.14 bits per heavy atom. The first-order valence-electron chi connectivity index (χ1n) is 9.19.